The van der Waals surface area contributed by atoms with Gasteiger partial charge in [-0.25, -0.2) is 0 Å². The van der Waals surface area contributed by atoms with Crippen molar-refractivity contribution in [3.05, 3.63) is 23.8 Å². The van der Waals surface area contributed by atoms with Crippen LogP contribution in [0.4, 0.5) is 0 Å². The number of piperidine rings is 1. The molecule has 0 radical (unpaired) electrons. The highest BCUT2D eigenvalue weighted by atomic mass is 35.5. The topological polar surface area (TPSA) is 59.6 Å². The highest BCUT2D eigenvalue weighted by molar-refractivity contribution is 5.85. The third kappa shape index (κ3) is 6.75. The van der Waals surface area contributed by atoms with Gasteiger partial charge < -0.3 is 20.1 Å². The molecule has 1 saturated heterocycles. The highest BCUT2D eigenvalue weighted by Gasteiger charge is 2.24. The van der Waals surface area contributed by atoms with E-state index < -0.39 is 0 Å². The molecule has 0 bridgehead atoms. The SMILES string of the molecule is CCOc1cc(CCCNC(=O)[C@H]2CCN[C@@H](C)C2)ccc1OC.Cl. The normalized spacial score (nSPS) is 19.6. The Morgan fingerprint density at radius 2 is 2.16 bits per heavy atom. The van der Waals surface area contributed by atoms with Crippen LogP contribution in [-0.2, 0) is 11.2 Å². The number of rotatable bonds is 8. The molecule has 2 rings (SSSR count). The second-order valence-corrected chi connectivity index (χ2v) is 6.39. The Labute approximate surface area is 157 Å². The van der Waals surface area contributed by atoms with Crippen LogP contribution < -0.4 is 20.1 Å². The van der Waals surface area contributed by atoms with Gasteiger partial charge >= 0.3 is 0 Å². The first-order valence-corrected chi connectivity index (χ1v) is 8.94. The lowest BCUT2D eigenvalue weighted by Gasteiger charge is -2.27. The Balaban J connectivity index is 0.00000312. The van der Waals surface area contributed by atoms with Crippen molar-refractivity contribution in [3.8, 4) is 11.5 Å². The molecule has 1 aliphatic heterocycles. The fraction of sp³-hybridized carbons (Fsp3) is 0.632. The number of hydrogen-bond donors (Lipinski definition) is 2. The fourth-order valence-electron chi connectivity index (χ4n) is 3.16. The van der Waals surface area contributed by atoms with Crippen molar-refractivity contribution < 1.29 is 14.3 Å². The summed E-state index contributed by atoms with van der Waals surface area (Å²) < 4.78 is 10.9. The maximum atomic E-state index is 12.2. The number of carbonyl (C=O) groups excluding carboxylic acids is 1. The van der Waals surface area contributed by atoms with Crippen LogP contribution in [0.2, 0.25) is 0 Å². The lowest BCUT2D eigenvalue weighted by Crippen LogP contribution is -2.42. The Kier molecular flexibility index (Phi) is 9.68. The van der Waals surface area contributed by atoms with Crippen LogP contribution in [0.3, 0.4) is 0 Å². The summed E-state index contributed by atoms with van der Waals surface area (Å²) in [6.45, 7) is 6.37. The molecule has 6 heteroatoms. The third-order valence-corrected chi connectivity index (χ3v) is 4.46. The molecule has 1 aliphatic rings. The van der Waals surface area contributed by atoms with Crippen LogP contribution >= 0.6 is 12.4 Å². The molecule has 0 spiro atoms. The maximum Gasteiger partial charge on any atom is 0.223 e. The van der Waals surface area contributed by atoms with Gasteiger partial charge in [0.2, 0.25) is 5.91 Å². The zero-order valence-electron chi connectivity index (χ0n) is 15.5. The first-order valence-electron chi connectivity index (χ1n) is 8.94. The molecule has 0 saturated carbocycles. The zero-order valence-corrected chi connectivity index (χ0v) is 16.3. The minimum Gasteiger partial charge on any atom is -0.493 e. The Bertz CT molecular complexity index is 539. The molecule has 2 N–H and O–H groups in total. The molecule has 0 unspecified atom stereocenters. The van der Waals surface area contributed by atoms with Gasteiger partial charge in [-0.1, -0.05) is 6.07 Å². The van der Waals surface area contributed by atoms with Crippen LogP contribution in [0.15, 0.2) is 18.2 Å². The molecule has 1 aromatic rings. The van der Waals surface area contributed by atoms with Crippen molar-refractivity contribution in [3.63, 3.8) is 0 Å². The molecule has 1 fully saturated rings. The predicted octanol–water partition coefficient (Wildman–Crippen LogP) is 2.95. The standard InChI is InChI=1S/C19H30N2O3.ClH/c1-4-24-18-13-15(7-8-17(18)23-3)6-5-10-21-19(22)16-9-11-20-14(2)12-16;/h7-8,13-14,16,20H,4-6,9-12H2,1-3H3,(H,21,22);1H/t14-,16-;/m0./s1. The molecular formula is C19H31ClN2O3. The van der Waals surface area contributed by atoms with Gasteiger partial charge in [-0.15, -0.1) is 12.4 Å². The van der Waals surface area contributed by atoms with Crippen LogP contribution in [0.25, 0.3) is 0 Å². The number of carbonyl (C=O) groups is 1. The summed E-state index contributed by atoms with van der Waals surface area (Å²) >= 11 is 0. The first kappa shape index (κ1) is 21.6. The smallest absolute Gasteiger partial charge is 0.223 e. The number of amides is 1. The molecular weight excluding hydrogens is 340 g/mol. The molecule has 142 valence electrons. The van der Waals surface area contributed by atoms with E-state index in [4.69, 9.17) is 9.47 Å². The van der Waals surface area contributed by atoms with Gasteiger partial charge in [0.05, 0.1) is 13.7 Å². The van der Waals surface area contributed by atoms with Crippen molar-refractivity contribution in [1.82, 2.24) is 10.6 Å². The molecule has 1 amide bonds. The van der Waals surface area contributed by atoms with E-state index >= 15 is 0 Å². The summed E-state index contributed by atoms with van der Waals surface area (Å²) in [5.74, 6) is 1.90. The number of hydrogen-bond acceptors (Lipinski definition) is 4. The van der Waals surface area contributed by atoms with Crippen molar-refractivity contribution in [1.29, 1.82) is 0 Å². The number of halogens is 1. The largest absolute Gasteiger partial charge is 0.493 e. The summed E-state index contributed by atoms with van der Waals surface area (Å²) in [7, 11) is 1.65. The minimum absolute atomic E-state index is 0. The molecule has 1 heterocycles. The van der Waals surface area contributed by atoms with Crippen LogP contribution in [0.5, 0.6) is 11.5 Å². The van der Waals surface area contributed by atoms with E-state index in [1.807, 2.05) is 19.1 Å². The van der Waals surface area contributed by atoms with Crippen molar-refractivity contribution in [2.24, 2.45) is 5.92 Å². The number of nitrogens with one attached hydrogen (secondary N) is 2. The van der Waals surface area contributed by atoms with Crippen LogP contribution in [0, 0.1) is 5.92 Å². The van der Waals surface area contributed by atoms with E-state index in [0.717, 1.165) is 43.7 Å². The predicted molar refractivity (Wildman–Crippen MR) is 103 cm³/mol. The van der Waals surface area contributed by atoms with Gasteiger partial charge in [0.25, 0.3) is 0 Å². The van der Waals surface area contributed by atoms with E-state index in [1.165, 1.54) is 5.56 Å². The molecule has 2 atom stereocenters. The highest BCUT2D eigenvalue weighted by Crippen LogP contribution is 2.28. The summed E-state index contributed by atoms with van der Waals surface area (Å²) in [6.07, 6.45) is 3.70. The second-order valence-electron chi connectivity index (χ2n) is 6.39. The molecule has 0 aromatic heterocycles. The molecule has 25 heavy (non-hydrogen) atoms. The first-order chi connectivity index (χ1) is 11.6. The second kappa shape index (κ2) is 11.2. The maximum absolute atomic E-state index is 12.2. The summed E-state index contributed by atoms with van der Waals surface area (Å²) in [5.41, 5.74) is 1.20. The van der Waals surface area contributed by atoms with E-state index in [2.05, 4.69) is 23.6 Å². The number of methoxy groups -OCH3 is 1. The average molecular weight is 371 g/mol. The van der Waals surface area contributed by atoms with E-state index in [9.17, 15) is 4.79 Å². The number of aryl methyl sites for hydroxylation is 1. The van der Waals surface area contributed by atoms with Gasteiger partial charge in [-0.3, -0.25) is 4.79 Å². The van der Waals surface area contributed by atoms with Gasteiger partial charge in [0.1, 0.15) is 0 Å². The lowest BCUT2D eigenvalue weighted by atomic mass is 9.92. The molecule has 1 aromatic carbocycles. The van der Waals surface area contributed by atoms with Gasteiger partial charge in [0.15, 0.2) is 11.5 Å². The fourth-order valence-corrected chi connectivity index (χ4v) is 3.16. The van der Waals surface area contributed by atoms with Crippen molar-refractivity contribution >= 4 is 18.3 Å². The van der Waals surface area contributed by atoms with Crippen molar-refractivity contribution in [2.75, 3.05) is 26.8 Å². The van der Waals surface area contributed by atoms with Crippen LogP contribution in [0.1, 0.15) is 38.7 Å². The van der Waals surface area contributed by atoms with Gasteiger partial charge in [-0.05, 0) is 63.8 Å². The van der Waals surface area contributed by atoms with Crippen LogP contribution in [-0.4, -0.2) is 38.8 Å². The molecule has 5 nitrogen and oxygen atoms in total. The van der Waals surface area contributed by atoms with E-state index in [1.54, 1.807) is 7.11 Å². The van der Waals surface area contributed by atoms with Gasteiger partial charge in [-0.2, -0.15) is 0 Å². The quantitative estimate of drug-likeness (QED) is 0.691. The summed E-state index contributed by atoms with van der Waals surface area (Å²) in [5, 5.41) is 6.46. The Morgan fingerprint density at radius 3 is 2.84 bits per heavy atom. The number of benzene rings is 1. The zero-order chi connectivity index (χ0) is 17.4. The van der Waals surface area contributed by atoms with Crippen molar-refractivity contribution in [2.45, 2.75) is 45.6 Å². The third-order valence-electron chi connectivity index (χ3n) is 4.46. The Hall–Kier alpha value is -1.46. The lowest BCUT2D eigenvalue weighted by molar-refractivity contribution is -0.126. The van der Waals surface area contributed by atoms with E-state index in [0.29, 0.717) is 19.2 Å². The minimum atomic E-state index is 0. The molecule has 0 aliphatic carbocycles. The average Bonchev–Trinajstić information content (AvgIpc) is 2.59. The number of ether oxygens (including phenoxy) is 2. The van der Waals surface area contributed by atoms with Gasteiger partial charge in [0, 0.05) is 18.5 Å². The van der Waals surface area contributed by atoms with E-state index in [-0.39, 0.29) is 24.2 Å². The summed E-state index contributed by atoms with van der Waals surface area (Å²) in [4.78, 5) is 12.2. The monoisotopic (exact) mass is 370 g/mol. The Morgan fingerprint density at radius 1 is 1.36 bits per heavy atom. The summed E-state index contributed by atoms with van der Waals surface area (Å²) in [6, 6.07) is 6.46.